The van der Waals surface area contributed by atoms with Crippen LogP contribution in [0.3, 0.4) is 0 Å². The van der Waals surface area contributed by atoms with Gasteiger partial charge in [-0.05, 0) is 48.4 Å². The maximum atomic E-state index is 12.2. The van der Waals surface area contributed by atoms with E-state index in [-0.39, 0.29) is 17.6 Å². The Morgan fingerprint density at radius 2 is 1.87 bits per heavy atom. The van der Waals surface area contributed by atoms with Gasteiger partial charge < -0.3 is 10.1 Å². The first kappa shape index (κ1) is 17.0. The van der Waals surface area contributed by atoms with Gasteiger partial charge in [0, 0.05) is 17.7 Å². The monoisotopic (exact) mass is 331 g/mol. The van der Waals surface area contributed by atoms with Gasteiger partial charge in [-0.2, -0.15) is 0 Å². The number of methoxy groups -OCH3 is 1. The van der Waals surface area contributed by atoms with Gasteiger partial charge in [-0.25, -0.2) is 0 Å². The third-order valence-electron chi connectivity index (χ3n) is 3.38. The summed E-state index contributed by atoms with van der Waals surface area (Å²) in [7, 11) is 1.59. The number of nitrogens with one attached hydrogen (secondary N) is 1. The lowest BCUT2D eigenvalue weighted by Gasteiger charge is -2.07. The number of halogens is 1. The predicted octanol–water partition coefficient (Wildman–Crippen LogP) is 3.69. The summed E-state index contributed by atoms with van der Waals surface area (Å²) in [5.74, 6) is 0.463. The highest BCUT2D eigenvalue weighted by atomic mass is 35.5. The summed E-state index contributed by atoms with van der Waals surface area (Å²) >= 11 is 5.47. The first-order valence-electron chi connectivity index (χ1n) is 7.24. The van der Waals surface area contributed by atoms with Gasteiger partial charge in [0.2, 0.25) is 5.91 Å². The summed E-state index contributed by atoms with van der Waals surface area (Å²) in [6, 6.07) is 14.5. The van der Waals surface area contributed by atoms with E-state index in [2.05, 4.69) is 5.32 Å². The zero-order valence-corrected chi connectivity index (χ0v) is 13.6. The molecule has 2 rings (SSSR count). The summed E-state index contributed by atoms with van der Waals surface area (Å²) in [6.45, 7) is 0. The number of carbonyl (C=O) groups is 2. The Labute approximate surface area is 140 Å². The number of ether oxygens (including phenoxy) is 1. The van der Waals surface area contributed by atoms with Crippen molar-refractivity contribution in [3.63, 3.8) is 0 Å². The molecule has 0 aliphatic rings. The second-order valence-electron chi connectivity index (χ2n) is 5.03. The number of carbonyl (C=O) groups excluding carboxylic acids is 2. The van der Waals surface area contributed by atoms with Gasteiger partial charge >= 0.3 is 0 Å². The molecule has 0 bridgehead atoms. The number of rotatable bonds is 7. The van der Waals surface area contributed by atoms with Crippen molar-refractivity contribution in [2.24, 2.45) is 0 Å². The maximum Gasteiger partial charge on any atom is 0.239 e. The molecule has 4 nitrogen and oxygen atoms in total. The van der Waals surface area contributed by atoms with Crippen molar-refractivity contribution < 1.29 is 14.3 Å². The van der Waals surface area contributed by atoms with E-state index in [9.17, 15) is 9.59 Å². The second kappa shape index (κ2) is 8.34. The van der Waals surface area contributed by atoms with E-state index in [1.807, 2.05) is 18.2 Å². The quantitative estimate of drug-likeness (QED) is 0.622. The molecule has 0 heterocycles. The highest BCUT2D eigenvalue weighted by Gasteiger charge is 2.07. The number of anilines is 1. The van der Waals surface area contributed by atoms with Crippen molar-refractivity contribution in [2.45, 2.75) is 12.8 Å². The van der Waals surface area contributed by atoms with Crippen LogP contribution in [0.25, 0.3) is 0 Å². The van der Waals surface area contributed by atoms with Gasteiger partial charge in [0.25, 0.3) is 0 Å². The van der Waals surface area contributed by atoms with Crippen LogP contribution >= 0.6 is 11.6 Å². The molecule has 0 aliphatic carbocycles. The fourth-order valence-corrected chi connectivity index (χ4v) is 2.24. The molecule has 1 amide bonds. The van der Waals surface area contributed by atoms with Crippen molar-refractivity contribution in [3.8, 4) is 5.75 Å². The van der Waals surface area contributed by atoms with Crippen molar-refractivity contribution in [3.05, 3.63) is 59.7 Å². The van der Waals surface area contributed by atoms with Crippen LogP contribution < -0.4 is 10.1 Å². The summed E-state index contributed by atoms with van der Waals surface area (Å²) in [5, 5.41) is 2.69. The number of amides is 1. The zero-order valence-electron chi connectivity index (χ0n) is 12.8. The normalized spacial score (nSPS) is 10.2. The second-order valence-corrected chi connectivity index (χ2v) is 5.30. The number of benzene rings is 2. The van der Waals surface area contributed by atoms with Crippen LogP contribution in [0.5, 0.6) is 5.75 Å². The molecule has 23 heavy (non-hydrogen) atoms. The third-order valence-corrected chi connectivity index (χ3v) is 3.63. The van der Waals surface area contributed by atoms with E-state index < -0.39 is 0 Å². The van der Waals surface area contributed by atoms with Crippen LogP contribution in [0, 0.1) is 0 Å². The molecule has 2 aromatic rings. The van der Waals surface area contributed by atoms with Crippen LogP contribution in [0.2, 0.25) is 0 Å². The van der Waals surface area contributed by atoms with Gasteiger partial charge in [-0.3, -0.25) is 9.59 Å². The van der Waals surface area contributed by atoms with E-state index in [0.717, 1.165) is 11.3 Å². The standard InChI is InChI=1S/C18H18ClNO3/c1-23-16-8-6-14(7-9-16)17(21)10-5-13-3-2-4-15(11-13)20-18(22)12-19/h2-4,6-9,11H,5,10,12H2,1H3,(H,20,22). The smallest absolute Gasteiger partial charge is 0.239 e. The van der Waals surface area contributed by atoms with Gasteiger partial charge in [0.1, 0.15) is 11.6 Å². The molecule has 0 spiro atoms. The minimum atomic E-state index is -0.252. The molecule has 0 saturated heterocycles. The lowest BCUT2D eigenvalue weighted by Crippen LogP contribution is -2.12. The molecule has 120 valence electrons. The molecule has 0 radical (unpaired) electrons. The molecule has 0 aliphatic heterocycles. The molecule has 0 unspecified atom stereocenters. The highest BCUT2D eigenvalue weighted by molar-refractivity contribution is 6.29. The summed E-state index contributed by atoms with van der Waals surface area (Å²) in [4.78, 5) is 23.5. The first-order chi connectivity index (χ1) is 11.1. The van der Waals surface area contributed by atoms with Crippen LogP contribution in [-0.4, -0.2) is 24.7 Å². The van der Waals surface area contributed by atoms with Crippen LogP contribution in [0.1, 0.15) is 22.3 Å². The molecule has 2 aromatic carbocycles. The SMILES string of the molecule is COc1ccc(C(=O)CCc2cccc(NC(=O)CCl)c2)cc1. The van der Waals surface area contributed by atoms with E-state index >= 15 is 0 Å². The van der Waals surface area contributed by atoms with E-state index in [1.54, 1.807) is 37.4 Å². The summed E-state index contributed by atoms with van der Waals surface area (Å²) in [5.41, 5.74) is 2.33. The number of hydrogen-bond acceptors (Lipinski definition) is 3. The molecule has 0 saturated carbocycles. The average molecular weight is 332 g/mol. The Hall–Kier alpha value is -2.33. The summed E-state index contributed by atoms with van der Waals surface area (Å²) in [6.07, 6.45) is 1.01. The highest BCUT2D eigenvalue weighted by Crippen LogP contribution is 2.16. The number of hydrogen-bond donors (Lipinski definition) is 1. The Kier molecular flexibility index (Phi) is 6.18. The van der Waals surface area contributed by atoms with Gasteiger partial charge in [-0.1, -0.05) is 12.1 Å². The molecule has 0 aromatic heterocycles. The van der Waals surface area contributed by atoms with Crippen LogP contribution in [0.15, 0.2) is 48.5 Å². The van der Waals surface area contributed by atoms with Crippen molar-refractivity contribution >= 4 is 29.0 Å². The number of alkyl halides is 1. The molecular weight excluding hydrogens is 314 g/mol. The van der Waals surface area contributed by atoms with Crippen molar-refractivity contribution in [1.29, 1.82) is 0 Å². The van der Waals surface area contributed by atoms with Crippen LogP contribution in [0.4, 0.5) is 5.69 Å². The Morgan fingerprint density at radius 3 is 2.52 bits per heavy atom. The molecule has 1 N–H and O–H groups in total. The van der Waals surface area contributed by atoms with Crippen molar-refractivity contribution in [2.75, 3.05) is 18.3 Å². The maximum absolute atomic E-state index is 12.2. The Bertz CT molecular complexity index is 683. The summed E-state index contributed by atoms with van der Waals surface area (Å²) < 4.78 is 5.08. The Morgan fingerprint density at radius 1 is 1.13 bits per heavy atom. The molecule has 0 atom stereocenters. The lowest BCUT2D eigenvalue weighted by molar-refractivity contribution is -0.113. The number of aryl methyl sites for hydroxylation is 1. The van der Waals surface area contributed by atoms with Gasteiger partial charge in [0.15, 0.2) is 5.78 Å². The van der Waals surface area contributed by atoms with Gasteiger partial charge in [-0.15, -0.1) is 11.6 Å². The average Bonchev–Trinajstić information content (AvgIpc) is 2.60. The molecule has 0 fully saturated rings. The topological polar surface area (TPSA) is 55.4 Å². The predicted molar refractivity (Wildman–Crippen MR) is 91.4 cm³/mol. The fourth-order valence-electron chi connectivity index (χ4n) is 2.18. The Balaban J connectivity index is 1.95. The van der Waals surface area contributed by atoms with E-state index in [1.165, 1.54) is 0 Å². The van der Waals surface area contributed by atoms with Gasteiger partial charge in [0.05, 0.1) is 7.11 Å². The van der Waals surface area contributed by atoms with E-state index in [4.69, 9.17) is 16.3 Å². The largest absolute Gasteiger partial charge is 0.497 e. The van der Waals surface area contributed by atoms with Crippen molar-refractivity contribution in [1.82, 2.24) is 0 Å². The zero-order chi connectivity index (χ0) is 16.7. The molecule has 5 heteroatoms. The first-order valence-corrected chi connectivity index (χ1v) is 7.78. The number of ketones is 1. The third kappa shape index (κ3) is 5.11. The van der Waals surface area contributed by atoms with Crippen LogP contribution in [-0.2, 0) is 11.2 Å². The lowest BCUT2D eigenvalue weighted by atomic mass is 10.0. The minimum Gasteiger partial charge on any atom is -0.497 e. The fraction of sp³-hybridized carbons (Fsp3) is 0.222. The van der Waals surface area contributed by atoms with E-state index in [0.29, 0.717) is 24.1 Å². The number of Topliss-reactive ketones (excluding diaryl/α,β-unsaturated/α-hetero) is 1. The minimum absolute atomic E-state index is 0.0721. The molecular formula is C18H18ClNO3.